The normalized spacial score (nSPS) is 12.3. The van der Waals surface area contributed by atoms with Crippen LogP contribution in [0.4, 0.5) is 0 Å². The zero-order valence-corrected chi connectivity index (χ0v) is 11.7. The van der Waals surface area contributed by atoms with Crippen molar-refractivity contribution in [3.63, 3.8) is 0 Å². The standard InChI is InChI=1S/C15H17ClN2O/c1-2-18(10-12-5-7-17-8-6-12)11-13-9-14(16)3-4-15(13)19/h3-9,19H,2,10-11H2,1H3/p+1. The Morgan fingerprint density at radius 3 is 2.58 bits per heavy atom. The summed E-state index contributed by atoms with van der Waals surface area (Å²) in [7, 11) is 0. The molecule has 0 spiro atoms. The molecule has 0 amide bonds. The van der Waals surface area contributed by atoms with E-state index in [1.165, 1.54) is 10.5 Å². The number of aromatic nitrogens is 1. The predicted octanol–water partition coefficient (Wildman–Crippen LogP) is 2.05. The molecule has 0 aliphatic carbocycles. The summed E-state index contributed by atoms with van der Waals surface area (Å²) in [6.07, 6.45) is 3.61. The molecule has 1 unspecified atom stereocenters. The summed E-state index contributed by atoms with van der Waals surface area (Å²) >= 11 is 5.98. The Morgan fingerprint density at radius 1 is 1.16 bits per heavy atom. The third-order valence-corrected chi connectivity index (χ3v) is 3.42. The number of quaternary nitrogens is 1. The molecule has 0 aliphatic rings. The summed E-state index contributed by atoms with van der Waals surface area (Å²) in [6, 6.07) is 9.23. The number of aromatic hydroxyl groups is 1. The van der Waals surface area contributed by atoms with Crippen molar-refractivity contribution in [3.05, 3.63) is 58.9 Å². The minimum atomic E-state index is 0.310. The average Bonchev–Trinajstić information content (AvgIpc) is 2.43. The lowest BCUT2D eigenvalue weighted by molar-refractivity contribution is -0.925. The maximum atomic E-state index is 9.86. The second kappa shape index (κ2) is 6.55. The fraction of sp³-hybridized carbons (Fsp3) is 0.267. The summed E-state index contributed by atoms with van der Waals surface area (Å²) in [6.45, 7) is 4.78. The number of halogens is 1. The number of phenolic OH excluding ortho intramolecular Hbond substituents is 1. The Morgan fingerprint density at radius 2 is 1.89 bits per heavy atom. The van der Waals surface area contributed by atoms with E-state index in [-0.39, 0.29) is 0 Å². The Hall–Kier alpha value is -1.58. The van der Waals surface area contributed by atoms with Crippen molar-refractivity contribution < 1.29 is 10.0 Å². The quantitative estimate of drug-likeness (QED) is 0.878. The SMILES string of the molecule is CC[NH+](Cc1ccncc1)Cc1cc(Cl)ccc1O. The fourth-order valence-electron chi connectivity index (χ4n) is 2.07. The summed E-state index contributed by atoms with van der Waals surface area (Å²) in [5, 5.41) is 10.5. The monoisotopic (exact) mass is 277 g/mol. The van der Waals surface area contributed by atoms with E-state index in [0.29, 0.717) is 10.8 Å². The molecule has 4 heteroatoms. The molecule has 100 valence electrons. The molecule has 1 aromatic heterocycles. The van der Waals surface area contributed by atoms with E-state index in [1.54, 1.807) is 24.5 Å². The van der Waals surface area contributed by atoms with Crippen molar-refractivity contribution >= 4 is 11.6 Å². The van der Waals surface area contributed by atoms with Gasteiger partial charge in [-0.05, 0) is 37.3 Å². The second-order valence-electron chi connectivity index (χ2n) is 4.59. The van der Waals surface area contributed by atoms with Gasteiger partial charge in [0, 0.05) is 28.5 Å². The predicted molar refractivity (Wildman–Crippen MR) is 76.3 cm³/mol. The summed E-state index contributed by atoms with van der Waals surface area (Å²) in [5.74, 6) is 0.310. The molecule has 2 rings (SSSR count). The lowest BCUT2D eigenvalue weighted by Crippen LogP contribution is -3.09. The molecule has 3 nitrogen and oxygen atoms in total. The molecule has 1 aromatic carbocycles. The van der Waals surface area contributed by atoms with Crippen molar-refractivity contribution in [1.29, 1.82) is 0 Å². The van der Waals surface area contributed by atoms with Crippen molar-refractivity contribution in [2.24, 2.45) is 0 Å². The summed E-state index contributed by atoms with van der Waals surface area (Å²) < 4.78 is 0. The minimum absolute atomic E-state index is 0.310. The highest BCUT2D eigenvalue weighted by Gasteiger charge is 2.12. The molecule has 2 aromatic rings. The van der Waals surface area contributed by atoms with Crippen LogP contribution in [0, 0.1) is 0 Å². The molecule has 0 saturated heterocycles. The molecule has 1 heterocycles. The van der Waals surface area contributed by atoms with Gasteiger partial charge in [-0.25, -0.2) is 0 Å². The first-order valence-electron chi connectivity index (χ1n) is 6.39. The molecule has 0 bridgehead atoms. The van der Waals surface area contributed by atoms with Crippen molar-refractivity contribution in [1.82, 2.24) is 4.98 Å². The van der Waals surface area contributed by atoms with Crippen LogP contribution in [0.1, 0.15) is 18.1 Å². The number of nitrogens with one attached hydrogen (secondary N) is 1. The van der Waals surface area contributed by atoms with Gasteiger partial charge in [-0.3, -0.25) is 4.98 Å². The van der Waals surface area contributed by atoms with Crippen LogP contribution in [-0.4, -0.2) is 16.6 Å². The first kappa shape index (κ1) is 13.8. The zero-order valence-electron chi connectivity index (χ0n) is 10.9. The molecule has 0 saturated carbocycles. The lowest BCUT2D eigenvalue weighted by Gasteiger charge is -2.18. The Bertz CT molecular complexity index is 531. The number of hydrogen-bond acceptors (Lipinski definition) is 2. The fourth-order valence-corrected chi connectivity index (χ4v) is 2.26. The van der Waals surface area contributed by atoms with E-state index in [0.717, 1.165) is 25.2 Å². The van der Waals surface area contributed by atoms with Crippen LogP contribution >= 0.6 is 11.6 Å². The number of hydrogen-bond donors (Lipinski definition) is 2. The van der Waals surface area contributed by atoms with Gasteiger partial charge < -0.3 is 10.0 Å². The molecular formula is C15H18ClN2O+. The van der Waals surface area contributed by atoms with E-state index in [2.05, 4.69) is 11.9 Å². The first-order valence-corrected chi connectivity index (χ1v) is 6.76. The van der Waals surface area contributed by atoms with E-state index in [9.17, 15) is 5.11 Å². The molecular weight excluding hydrogens is 260 g/mol. The van der Waals surface area contributed by atoms with Crippen LogP contribution in [0.2, 0.25) is 5.02 Å². The molecule has 0 aliphatic heterocycles. The Labute approximate surface area is 118 Å². The van der Waals surface area contributed by atoms with Gasteiger partial charge in [-0.1, -0.05) is 11.6 Å². The first-order chi connectivity index (χ1) is 9.19. The molecule has 0 fully saturated rings. The van der Waals surface area contributed by atoms with Gasteiger partial charge in [0.2, 0.25) is 0 Å². The Kier molecular flexibility index (Phi) is 4.77. The second-order valence-corrected chi connectivity index (χ2v) is 5.02. The van der Waals surface area contributed by atoms with Crippen LogP contribution in [0.3, 0.4) is 0 Å². The topological polar surface area (TPSA) is 37.6 Å². The van der Waals surface area contributed by atoms with Crippen LogP contribution < -0.4 is 4.90 Å². The third-order valence-electron chi connectivity index (χ3n) is 3.19. The molecule has 0 radical (unpaired) electrons. The number of pyridine rings is 1. The van der Waals surface area contributed by atoms with Crippen molar-refractivity contribution in [2.75, 3.05) is 6.54 Å². The van der Waals surface area contributed by atoms with Gasteiger partial charge in [0.15, 0.2) is 0 Å². The van der Waals surface area contributed by atoms with Crippen LogP contribution in [0.5, 0.6) is 5.75 Å². The molecule has 19 heavy (non-hydrogen) atoms. The van der Waals surface area contributed by atoms with Gasteiger partial charge in [-0.2, -0.15) is 0 Å². The van der Waals surface area contributed by atoms with E-state index < -0.39 is 0 Å². The zero-order chi connectivity index (χ0) is 13.7. The van der Waals surface area contributed by atoms with E-state index in [1.807, 2.05) is 18.2 Å². The van der Waals surface area contributed by atoms with Crippen molar-refractivity contribution in [3.8, 4) is 5.75 Å². The summed E-state index contributed by atoms with van der Waals surface area (Å²) in [4.78, 5) is 5.39. The molecule has 2 N–H and O–H groups in total. The number of nitrogens with zero attached hydrogens (tertiary/aromatic N) is 1. The van der Waals surface area contributed by atoms with Gasteiger partial charge in [0.1, 0.15) is 18.8 Å². The lowest BCUT2D eigenvalue weighted by atomic mass is 10.1. The van der Waals surface area contributed by atoms with Gasteiger partial charge >= 0.3 is 0 Å². The smallest absolute Gasteiger partial charge is 0.124 e. The third kappa shape index (κ3) is 3.94. The highest BCUT2D eigenvalue weighted by atomic mass is 35.5. The number of benzene rings is 1. The molecule has 1 atom stereocenters. The average molecular weight is 278 g/mol. The van der Waals surface area contributed by atoms with Gasteiger partial charge in [0.25, 0.3) is 0 Å². The largest absolute Gasteiger partial charge is 0.507 e. The maximum Gasteiger partial charge on any atom is 0.124 e. The van der Waals surface area contributed by atoms with Gasteiger partial charge in [0.05, 0.1) is 6.54 Å². The van der Waals surface area contributed by atoms with E-state index >= 15 is 0 Å². The van der Waals surface area contributed by atoms with Gasteiger partial charge in [-0.15, -0.1) is 0 Å². The highest BCUT2D eigenvalue weighted by Crippen LogP contribution is 2.20. The van der Waals surface area contributed by atoms with Crippen LogP contribution in [0.15, 0.2) is 42.7 Å². The highest BCUT2D eigenvalue weighted by molar-refractivity contribution is 6.30. The van der Waals surface area contributed by atoms with Crippen LogP contribution in [-0.2, 0) is 13.1 Å². The number of phenols is 1. The minimum Gasteiger partial charge on any atom is -0.507 e. The van der Waals surface area contributed by atoms with Crippen molar-refractivity contribution in [2.45, 2.75) is 20.0 Å². The van der Waals surface area contributed by atoms with Crippen LogP contribution in [0.25, 0.3) is 0 Å². The summed E-state index contributed by atoms with van der Waals surface area (Å²) in [5.41, 5.74) is 2.13. The number of rotatable bonds is 5. The van der Waals surface area contributed by atoms with E-state index in [4.69, 9.17) is 11.6 Å². The maximum absolute atomic E-state index is 9.86. The Balaban J connectivity index is 2.09.